The molecule has 0 saturated heterocycles. The van der Waals surface area contributed by atoms with Crippen molar-refractivity contribution in [2.24, 2.45) is 0 Å². The Balaban J connectivity index is 1.52. The van der Waals surface area contributed by atoms with E-state index in [1.54, 1.807) is 39.4 Å². The number of methoxy groups -OCH3 is 2. The lowest BCUT2D eigenvalue weighted by Gasteiger charge is -2.13. The number of rotatable bonds is 9. The summed E-state index contributed by atoms with van der Waals surface area (Å²) in [7, 11) is 3.12. The van der Waals surface area contributed by atoms with E-state index in [-0.39, 0.29) is 12.5 Å². The maximum Gasteiger partial charge on any atom is 0.331 e. The van der Waals surface area contributed by atoms with E-state index >= 15 is 0 Å². The molecule has 3 rings (SSSR count). The van der Waals surface area contributed by atoms with Crippen LogP contribution in [0, 0.1) is 13.8 Å². The summed E-state index contributed by atoms with van der Waals surface area (Å²) in [6.45, 7) is 5.96. The van der Waals surface area contributed by atoms with E-state index in [1.807, 2.05) is 6.07 Å². The predicted molar refractivity (Wildman–Crippen MR) is 118 cm³/mol. The van der Waals surface area contributed by atoms with Gasteiger partial charge in [0.2, 0.25) is 0 Å². The van der Waals surface area contributed by atoms with E-state index in [1.165, 1.54) is 24.6 Å². The fraction of sp³-hybridized carbons (Fsp3) is 0.417. The van der Waals surface area contributed by atoms with Gasteiger partial charge in [-0.3, -0.25) is 4.79 Å². The Labute approximate surface area is 183 Å². The summed E-state index contributed by atoms with van der Waals surface area (Å²) in [5, 5.41) is 2.77. The minimum absolute atomic E-state index is 0.282. The molecule has 2 aromatic rings. The number of aryl methyl sites for hydroxylation is 1. The van der Waals surface area contributed by atoms with Crippen LogP contribution in [-0.4, -0.2) is 36.8 Å². The van der Waals surface area contributed by atoms with Crippen LogP contribution in [0.15, 0.2) is 30.3 Å². The number of amides is 1. The standard InChI is InChI=1S/C24H30N2O5/c1-15-12-19(16(2)26(15)20-8-9-20)7-11-23(27)31-17(3)24(28)25-14-18-6-10-21(29-4)22(13-18)30-5/h6-7,10-13,17,20H,8-9,14H2,1-5H3,(H,25,28)/b11-7+/t17-/m1/s1. The van der Waals surface area contributed by atoms with Crippen molar-refractivity contribution in [2.75, 3.05) is 14.2 Å². The van der Waals surface area contributed by atoms with Gasteiger partial charge in [0.05, 0.1) is 14.2 Å². The van der Waals surface area contributed by atoms with Crippen LogP contribution in [0.5, 0.6) is 11.5 Å². The van der Waals surface area contributed by atoms with Gasteiger partial charge in [-0.1, -0.05) is 6.07 Å². The maximum atomic E-state index is 12.3. The zero-order valence-electron chi connectivity index (χ0n) is 18.7. The highest BCUT2D eigenvalue weighted by Crippen LogP contribution is 2.38. The molecule has 0 spiro atoms. The number of nitrogens with zero attached hydrogens (tertiary/aromatic N) is 1. The third-order valence-electron chi connectivity index (χ3n) is 5.41. The van der Waals surface area contributed by atoms with Crippen molar-refractivity contribution in [1.82, 2.24) is 9.88 Å². The molecule has 1 heterocycles. The van der Waals surface area contributed by atoms with Gasteiger partial charge in [-0.2, -0.15) is 0 Å². The van der Waals surface area contributed by atoms with E-state index in [9.17, 15) is 9.59 Å². The molecule has 0 aliphatic heterocycles. The zero-order chi connectivity index (χ0) is 22.5. The molecule has 1 amide bonds. The van der Waals surface area contributed by atoms with Crippen molar-refractivity contribution in [1.29, 1.82) is 0 Å². The van der Waals surface area contributed by atoms with Gasteiger partial charge in [0.15, 0.2) is 17.6 Å². The SMILES string of the molecule is COc1ccc(CNC(=O)[C@@H](C)OC(=O)/C=C/c2cc(C)n(C3CC3)c2C)cc1OC. The average molecular weight is 427 g/mol. The summed E-state index contributed by atoms with van der Waals surface area (Å²) < 4.78 is 18.0. The largest absolute Gasteiger partial charge is 0.493 e. The van der Waals surface area contributed by atoms with E-state index in [2.05, 4.69) is 29.8 Å². The number of carbonyl (C=O) groups excluding carboxylic acids is 2. The van der Waals surface area contributed by atoms with Crippen molar-refractivity contribution in [3.63, 3.8) is 0 Å². The Morgan fingerprint density at radius 1 is 1.16 bits per heavy atom. The molecule has 1 atom stereocenters. The first kappa shape index (κ1) is 22.5. The summed E-state index contributed by atoms with van der Waals surface area (Å²) in [5.74, 6) is 0.276. The van der Waals surface area contributed by atoms with Crippen molar-refractivity contribution < 1.29 is 23.8 Å². The number of ether oxygens (including phenoxy) is 3. The van der Waals surface area contributed by atoms with Crippen molar-refractivity contribution in [3.8, 4) is 11.5 Å². The molecular formula is C24H30N2O5. The van der Waals surface area contributed by atoms with Gasteiger partial charge >= 0.3 is 5.97 Å². The fourth-order valence-corrected chi connectivity index (χ4v) is 3.61. The summed E-state index contributed by atoms with van der Waals surface area (Å²) >= 11 is 0. The first-order valence-electron chi connectivity index (χ1n) is 10.4. The van der Waals surface area contributed by atoms with E-state index < -0.39 is 12.1 Å². The quantitative estimate of drug-likeness (QED) is 0.488. The number of hydrogen-bond acceptors (Lipinski definition) is 5. The second-order valence-electron chi connectivity index (χ2n) is 7.75. The normalized spacial score (nSPS) is 14.4. The molecule has 31 heavy (non-hydrogen) atoms. The first-order chi connectivity index (χ1) is 14.8. The van der Waals surface area contributed by atoms with Gasteiger partial charge in [-0.05, 0) is 69.0 Å². The molecule has 1 fully saturated rings. The smallest absolute Gasteiger partial charge is 0.331 e. The van der Waals surface area contributed by atoms with Crippen LogP contribution in [0.1, 0.15) is 48.3 Å². The van der Waals surface area contributed by atoms with Gasteiger partial charge in [-0.15, -0.1) is 0 Å². The van der Waals surface area contributed by atoms with Gasteiger partial charge in [0.1, 0.15) is 0 Å². The Bertz CT molecular complexity index is 988. The molecule has 1 aromatic carbocycles. The van der Waals surface area contributed by atoms with Crippen LogP contribution >= 0.6 is 0 Å². The molecule has 1 saturated carbocycles. The number of hydrogen-bond donors (Lipinski definition) is 1. The van der Waals surface area contributed by atoms with Crippen LogP contribution in [0.25, 0.3) is 6.08 Å². The van der Waals surface area contributed by atoms with E-state index in [4.69, 9.17) is 14.2 Å². The summed E-state index contributed by atoms with van der Waals surface area (Å²) in [6.07, 6.45) is 4.63. The predicted octanol–water partition coefficient (Wildman–Crippen LogP) is 3.72. The number of aromatic nitrogens is 1. The number of benzene rings is 1. The Hall–Kier alpha value is -3.22. The second-order valence-corrected chi connectivity index (χ2v) is 7.75. The molecule has 7 nitrogen and oxygen atoms in total. The third kappa shape index (κ3) is 5.48. The summed E-state index contributed by atoms with van der Waals surface area (Å²) in [4.78, 5) is 24.5. The summed E-state index contributed by atoms with van der Waals surface area (Å²) in [5.41, 5.74) is 4.17. The minimum atomic E-state index is -0.906. The number of esters is 1. The fourth-order valence-electron chi connectivity index (χ4n) is 3.61. The molecular weight excluding hydrogens is 396 g/mol. The Kier molecular flexibility index (Phi) is 7.05. The average Bonchev–Trinajstić information content (AvgIpc) is 3.55. The molecule has 1 N–H and O–H groups in total. The molecule has 0 bridgehead atoms. The van der Waals surface area contributed by atoms with Crippen molar-refractivity contribution >= 4 is 18.0 Å². The molecule has 0 radical (unpaired) electrons. The lowest BCUT2D eigenvalue weighted by molar-refractivity contribution is -0.150. The van der Waals surface area contributed by atoms with Crippen LogP contribution in [0.4, 0.5) is 0 Å². The highest BCUT2D eigenvalue weighted by Gasteiger charge is 2.26. The maximum absolute atomic E-state index is 12.3. The molecule has 1 aliphatic carbocycles. The molecule has 1 aromatic heterocycles. The highest BCUT2D eigenvalue weighted by molar-refractivity contribution is 5.90. The summed E-state index contributed by atoms with van der Waals surface area (Å²) in [6, 6.07) is 8.05. The third-order valence-corrected chi connectivity index (χ3v) is 5.41. The second kappa shape index (κ2) is 9.73. The van der Waals surface area contributed by atoms with Gasteiger partial charge in [0.25, 0.3) is 5.91 Å². The van der Waals surface area contributed by atoms with E-state index in [0.29, 0.717) is 17.5 Å². The van der Waals surface area contributed by atoms with Gasteiger partial charge < -0.3 is 24.1 Å². The lowest BCUT2D eigenvalue weighted by atomic mass is 10.2. The Morgan fingerprint density at radius 3 is 2.52 bits per heavy atom. The molecule has 7 heteroatoms. The van der Waals surface area contributed by atoms with Crippen molar-refractivity contribution in [2.45, 2.75) is 52.3 Å². The minimum Gasteiger partial charge on any atom is -0.493 e. The molecule has 166 valence electrons. The van der Waals surface area contributed by atoms with Gasteiger partial charge in [0, 0.05) is 30.1 Å². The van der Waals surface area contributed by atoms with Crippen molar-refractivity contribution in [3.05, 3.63) is 52.9 Å². The van der Waals surface area contributed by atoms with Gasteiger partial charge in [-0.25, -0.2) is 4.79 Å². The number of carbonyl (C=O) groups is 2. The van der Waals surface area contributed by atoms with Crippen LogP contribution in [0.2, 0.25) is 0 Å². The molecule has 1 aliphatic rings. The lowest BCUT2D eigenvalue weighted by Crippen LogP contribution is -2.35. The van der Waals surface area contributed by atoms with Crippen LogP contribution in [0.3, 0.4) is 0 Å². The van der Waals surface area contributed by atoms with Crippen LogP contribution in [-0.2, 0) is 20.9 Å². The first-order valence-corrected chi connectivity index (χ1v) is 10.4. The van der Waals surface area contributed by atoms with Crippen LogP contribution < -0.4 is 14.8 Å². The topological polar surface area (TPSA) is 78.8 Å². The monoisotopic (exact) mass is 426 g/mol. The Morgan fingerprint density at radius 2 is 1.87 bits per heavy atom. The molecule has 0 unspecified atom stereocenters. The highest BCUT2D eigenvalue weighted by atomic mass is 16.5. The number of nitrogens with one attached hydrogen (secondary N) is 1. The van der Waals surface area contributed by atoms with E-state index in [0.717, 1.165) is 16.8 Å². The zero-order valence-corrected chi connectivity index (χ0v) is 18.7.